The number of nitrogens with one attached hydrogen (secondary N) is 2. The first kappa shape index (κ1) is 18.5. The number of hydrogen-bond acceptors (Lipinski definition) is 4. The molecule has 0 aliphatic rings. The van der Waals surface area contributed by atoms with Crippen molar-refractivity contribution in [2.45, 2.75) is 26.7 Å². The number of amides is 1. The molecule has 25 heavy (non-hydrogen) atoms. The zero-order chi connectivity index (χ0) is 18.2. The number of rotatable bonds is 7. The maximum Gasteiger partial charge on any atom is 0.337 e. The molecule has 132 valence electrons. The summed E-state index contributed by atoms with van der Waals surface area (Å²) in [5.74, 6) is -0.540. The first-order chi connectivity index (χ1) is 12.1. The molecule has 0 atom stereocenters. The Balaban J connectivity index is 1.98. The quantitative estimate of drug-likeness (QED) is 0.755. The molecule has 2 aromatic rings. The van der Waals surface area contributed by atoms with E-state index in [0.29, 0.717) is 11.3 Å². The third-order valence-corrected chi connectivity index (χ3v) is 4.01. The van der Waals surface area contributed by atoms with Crippen molar-refractivity contribution in [1.82, 2.24) is 0 Å². The van der Waals surface area contributed by atoms with Crippen molar-refractivity contribution in [3.8, 4) is 0 Å². The van der Waals surface area contributed by atoms with Crippen LogP contribution in [0.4, 0.5) is 11.4 Å². The molecule has 0 heterocycles. The molecule has 1 amide bonds. The summed E-state index contributed by atoms with van der Waals surface area (Å²) in [6, 6.07) is 12.8. The Bertz CT molecular complexity index is 717. The Morgan fingerprint density at radius 2 is 1.56 bits per heavy atom. The molecule has 0 spiro atoms. The van der Waals surface area contributed by atoms with Gasteiger partial charge in [-0.15, -0.1) is 0 Å². The second-order valence-electron chi connectivity index (χ2n) is 5.63. The molecule has 5 heteroatoms. The van der Waals surface area contributed by atoms with E-state index in [1.807, 2.05) is 6.07 Å². The van der Waals surface area contributed by atoms with Gasteiger partial charge >= 0.3 is 5.97 Å². The predicted molar refractivity (Wildman–Crippen MR) is 100 cm³/mol. The van der Waals surface area contributed by atoms with Crippen LogP contribution in [0.15, 0.2) is 42.5 Å². The molecule has 5 nitrogen and oxygen atoms in total. The average Bonchev–Trinajstić information content (AvgIpc) is 2.65. The van der Waals surface area contributed by atoms with Crippen molar-refractivity contribution in [3.05, 3.63) is 59.2 Å². The van der Waals surface area contributed by atoms with E-state index in [1.54, 1.807) is 24.3 Å². The summed E-state index contributed by atoms with van der Waals surface area (Å²) in [5.41, 5.74) is 4.54. The lowest BCUT2D eigenvalue weighted by Crippen LogP contribution is -2.22. The van der Waals surface area contributed by atoms with Crippen LogP contribution in [0.5, 0.6) is 0 Å². The van der Waals surface area contributed by atoms with Gasteiger partial charge in [0.2, 0.25) is 5.91 Å². The van der Waals surface area contributed by atoms with Gasteiger partial charge in [0.1, 0.15) is 0 Å². The van der Waals surface area contributed by atoms with Gasteiger partial charge < -0.3 is 15.4 Å². The number of ether oxygens (including phenoxy) is 1. The molecule has 0 unspecified atom stereocenters. The van der Waals surface area contributed by atoms with Gasteiger partial charge in [0.15, 0.2) is 0 Å². The summed E-state index contributed by atoms with van der Waals surface area (Å²) in [6.45, 7) is 4.38. The number of para-hydroxylation sites is 1. The van der Waals surface area contributed by atoms with Crippen molar-refractivity contribution in [2.24, 2.45) is 0 Å². The van der Waals surface area contributed by atoms with E-state index in [9.17, 15) is 9.59 Å². The second kappa shape index (κ2) is 8.87. The fourth-order valence-electron chi connectivity index (χ4n) is 2.65. The summed E-state index contributed by atoms with van der Waals surface area (Å²) >= 11 is 0. The van der Waals surface area contributed by atoms with Crippen LogP contribution in [-0.2, 0) is 22.4 Å². The number of benzene rings is 2. The molecule has 0 aliphatic heterocycles. The SMILES string of the molecule is CCc1cccc(CC)c1NCC(=O)Nc1ccc(C(=O)OC)cc1. The van der Waals surface area contributed by atoms with Crippen molar-refractivity contribution in [2.75, 3.05) is 24.3 Å². The van der Waals surface area contributed by atoms with E-state index < -0.39 is 5.97 Å². The summed E-state index contributed by atoms with van der Waals surface area (Å²) in [5, 5.41) is 6.07. The number of carbonyl (C=O) groups is 2. The van der Waals surface area contributed by atoms with Crippen molar-refractivity contribution in [3.63, 3.8) is 0 Å². The maximum atomic E-state index is 12.2. The van der Waals surface area contributed by atoms with Gasteiger partial charge in [-0.25, -0.2) is 4.79 Å². The molecule has 2 aromatic carbocycles. The molecule has 0 radical (unpaired) electrons. The summed E-state index contributed by atoms with van der Waals surface area (Å²) < 4.78 is 4.65. The molecule has 2 rings (SSSR count). The van der Waals surface area contributed by atoms with Crippen molar-refractivity contribution in [1.29, 1.82) is 0 Å². The van der Waals surface area contributed by atoms with Crippen LogP contribution in [0.3, 0.4) is 0 Å². The highest BCUT2D eigenvalue weighted by Gasteiger charge is 2.09. The van der Waals surface area contributed by atoms with E-state index in [4.69, 9.17) is 0 Å². The van der Waals surface area contributed by atoms with Crippen LogP contribution in [0, 0.1) is 0 Å². The Hall–Kier alpha value is -2.82. The molecule has 0 saturated carbocycles. The van der Waals surface area contributed by atoms with E-state index in [1.165, 1.54) is 18.2 Å². The van der Waals surface area contributed by atoms with Crippen LogP contribution < -0.4 is 10.6 Å². The highest BCUT2D eigenvalue weighted by Crippen LogP contribution is 2.22. The van der Waals surface area contributed by atoms with Gasteiger partial charge in [0.25, 0.3) is 0 Å². The smallest absolute Gasteiger partial charge is 0.337 e. The summed E-state index contributed by atoms with van der Waals surface area (Å²) in [7, 11) is 1.34. The average molecular weight is 340 g/mol. The van der Waals surface area contributed by atoms with Crippen LogP contribution in [-0.4, -0.2) is 25.5 Å². The Morgan fingerprint density at radius 1 is 0.960 bits per heavy atom. The number of carbonyl (C=O) groups excluding carboxylic acids is 2. The molecule has 0 aromatic heterocycles. The third-order valence-electron chi connectivity index (χ3n) is 4.01. The van der Waals surface area contributed by atoms with Gasteiger partial charge in [-0.2, -0.15) is 0 Å². The van der Waals surface area contributed by atoms with E-state index >= 15 is 0 Å². The monoisotopic (exact) mass is 340 g/mol. The molecular formula is C20H24N2O3. The largest absolute Gasteiger partial charge is 0.465 e. The molecule has 0 aliphatic carbocycles. The number of methoxy groups -OCH3 is 1. The lowest BCUT2D eigenvalue weighted by Gasteiger charge is -2.15. The second-order valence-corrected chi connectivity index (χ2v) is 5.63. The van der Waals surface area contributed by atoms with Crippen LogP contribution in [0.2, 0.25) is 0 Å². The van der Waals surface area contributed by atoms with Crippen LogP contribution >= 0.6 is 0 Å². The Labute approximate surface area is 148 Å². The number of hydrogen-bond donors (Lipinski definition) is 2. The van der Waals surface area contributed by atoms with Gasteiger partial charge in [-0.1, -0.05) is 32.0 Å². The molecule has 0 bridgehead atoms. The fraction of sp³-hybridized carbons (Fsp3) is 0.300. The topological polar surface area (TPSA) is 67.4 Å². The minimum Gasteiger partial charge on any atom is -0.465 e. The maximum absolute atomic E-state index is 12.2. The normalized spacial score (nSPS) is 10.2. The first-order valence-electron chi connectivity index (χ1n) is 8.41. The first-order valence-corrected chi connectivity index (χ1v) is 8.41. The highest BCUT2D eigenvalue weighted by atomic mass is 16.5. The number of esters is 1. The fourth-order valence-corrected chi connectivity index (χ4v) is 2.65. The van der Waals surface area contributed by atoms with Crippen LogP contribution in [0.25, 0.3) is 0 Å². The van der Waals surface area contributed by atoms with E-state index in [0.717, 1.165) is 18.5 Å². The van der Waals surface area contributed by atoms with Gasteiger partial charge in [-0.05, 0) is 48.2 Å². The van der Waals surface area contributed by atoms with E-state index in [-0.39, 0.29) is 12.5 Å². The van der Waals surface area contributed by atoms with Gasteiger partial charge in [0, 0.05) is 11.4 Å². The zero-order valence-electron chi connectivity index (χ0n) is 14.9. The molecule has 2 N–H and O–H groups in total. The van der Waals surface area contributed by atoms with Crippen molar-refractivity contribution >= 4 is 23.3 Å². The van der Waals surface area contributed by atoms with E-state index in [2.05, 4.69) is 41.4 Å². The summed E-state index contributed by atoms with van der Waals surface area (Å²) in [6.07, 6.45) is 1.82. The summed E-state index contributed by atoms with van der Waals surface area (Å²) in [4.78, 5) is 23.6. The zero-order valence-corrected chi connectivity index (χ0v) is 14.9. The van der Waals surface area contributed by atoms with Crippen LogP contribution in [0.1, 0.15) is 35.3 Å². The Kier molecular flexibility index (Phi) is 6.57. The van der Waals surface area contributed by atoms with Gasteiger partial charge in [0.05, 0.1) is 19.2 Å². The lowest BCUT2D eigenvalue weighted by molar-refractivity contribution is -0.114. The molecular weight excluding hydrogens is 316 g/mol. The molecule has 0 saturated heterocycles. The standard InChI is InChI=1S/C20H24N2O3/c1-4-14-7-6-8-15(5-2)19(14)21-13-18(23)22-17-11-9-16(10-12-17)20(24)25-3/h6-12,21H,4-5,13H2,1-3H3,(H,22,23). The number of aryl methyl sites for hydroxylation is 2. The highest BCUT2D eigenvalue weighted by molar-refractivity contribution is 5.95. The minimum atomic E-state index is -0.400. The Morgan fingerprint density at radius 3 is 2.08 bits per heavy atom. The minimum absolute atomic E-state index is 0.140. The molecule has 0 fully saturated rings. The van der Waals surface area contributed by atoms with Gasteiger partial charge in [-0.3, -0.25) is 4.79 Å². The lowest BCUT2D eigenvalue weighted by atomic mass is 10.0. The predicted octanol–water partition coefficient (Wildman–Crippen LogP) is 3.65. The third kappa shape index (κ3) is 4.83. The van der Waals surface area contributed by atoms with Crippen molar-refractivity contribution < 1.29 is 14.3 Å². The number of anilines is 2.